The van der Waals surface area contributed by atoms with E-state index in [1.54, 1.807) is 10.9 Å². The second-order valence-electron chi connectivity index (χ2n) is 8.63. The molecule has 0 N–H and O–H groups in total. The molecular formula is C24H27N7O2. The topological polar surface area (TPSA) is 93.2 Å². The number of benzene rings is 1. The van der Waals surface area contributed by atoms with E-state index in [1.165, 1.54) is 5.56 Å². The van der Waals surface area contributed by atoms with Gasteiger partial charge in [-0.25, -0.2) is 4.98 Å². The third kappa shape index (κ3) is 4.00. The molecule has 170 valence electrons. The highest BCUT2D eigenvalue weighted by atomic mass is 16.5. The Morgan fingerprint density at radius 3 is 2.55 bits per heavy atom. The Bertz CT molecular complexity index is 1300. The largest absolute Gasteiger partial charge is 0.337 e. The van der Waals surface area contributed by atoms with Crippen LogP contribution in [0, 0.1) is 13.8 Å². The van der Waals surface area contributed by atoms with Gasteiger partial charge in [-0.05, 0) is 26.8 Å². The molecule has 0 bridgehead atoms. The van der Waals surface area contributed by atoms with Gasteiger partial charge in [-0.3, -0.25) is 14.4 Å². The van der Waals surface area contributed by atoms with Crippen molar-refractivity contribution in [2.24, 2.45) is 7.05 Å². The van der Waals surface area contributed by atoms with Crippen LogP contribution >= 0.6 is 0 Å². The lowest BCUT2D eigenvalue weighted by Gasteiger charge is -2.36. The van der Waals surface area contributed by atoms with E-state index in [0.29, 0.717) is 30.4 Å². The zero-order valence-electron chi connectivity index (χ0n) is 19.3. The van der Waals surface area contributed by atoms with Crippen LogP contribution in [0.25, 0.3) is 22.4 Å². The van der Waals surface area contributed by atoms with Gasteiger partial charge >= 0.3 is 0 Å². The van der Waals surface area contributed by atoms with E-state index in [-0.39, 0.29) is 11.9 Å². The number of fused-ring (bicyclic) bond motifs is 1. The van der Waals surface area contributed by atoms with Gasteiger partial charge < -0.3 is 9.42 Å². The van der Waals surface area contributed by atoms with Gasteiger partial charge in [0.05, 0.1) is 17.3 Å². The number of aromatic nitrogens is 5. The average Bonchev–Trinajstić information content (AvgIpc) is 3.43. The molecule has 3 aromatic heterocycles. The number of carbonyl (C=O) groups excluding carboxylic acids is 1. The fraction of sp³-hybridized carbons (Fsp3) is 0.375. The Morgan fingerprint density at radius 1 is 1.09 bits per heavy atom. The minimum Gasteiger partial charge on any atom is -0.337 e. The monoisotopic (exact) mass is 445 g/mol. The van der Waals surface area contributed by atoms with Crippen molar-refractivity contribution in [3.63, 3.8) is 0 Å². The summed E-state index contributed by atoms with van der Waals surface area (Å²) in [7, 11) is 1.86. The third-order valence-corrected chi connectivity index (χ3v) is 6.37. The van der Waals surface area contributed by atoms with E-state index in [9.17, 15) is 4.79 Å². The molecule has 4 aromatic rings. The molecule has 1 atom stereocenters. The second kappa shape index (κ2) is 8.40. The van der Waals surface area contributed by atoms with E-state index < -0.39 is 0 Å². The van der Waals surface area contributed by atoms with Crippen LogP contribution < -0.4 is 0 Å². The number of rotatable bonds is 4. The highest BCUT2D eigenvalue weighted by Gasteiger charge is 2.28. The van der Waals surface area contributed by atoms with Gasteiger partial charge in [0.2, 0.25) is 11.7 Å². The lowest BCUT2D eigenvalue weighted by atomic mass is 10.1. The van der Waals surface area contributed by atoms with Crippen LogP contribution in [0.1, 0.15) is 40.5 Å². The first-order chi connectivity index (χ1) is 15.9. The fourth-order valence-corrected chi connectivity index (χ4v) is 4.30. The number of piperazine rings is 1. The molecule has 1 aliphatic rings. The van der Waals surface area contributed by atoms with Crippen LogP contribution in [0.3, 0.4) is 0 Å². The van der Waals surface area contributed by atoms with Gasteiger partial charge in [-0.15, -0.1) is 0 Å². The molecule has 1 amide bonds. The Balaban J connectivity index is 1.24. The molecule has 0 aliphatic carbocycles. The van der Waals surface area contributed by atoms with E-state index in [4.69, 9.17) is 4.52 Å². The van der Waals surface area contributed by atoms with Crippen LogP contribution in [0.2, 0.25) is 0 Å². The van der Waals surface area contributed by atoms with Crippen LogP contribution in [-0.2, 0) is 7.05 Å². The first-order valence-electron chi connectivity index (χ1n) is 11.1. The van der Waals surface area contributed by atoms with Crippen LogP contribution in [0.15, 0.2) is 41.1 Å². The molecule has 1 aromatic carbocycles. The molecule has 9 heteroatoms. The number of carbonyl (C=O) groups is 1. The summed E-state index contributed by atoms with van der Waals surface area (Å²) in [6, 6.07) is 9.94. The highest BCUT2D eigenvalue weighted by molar-refractivity contribution is 5.97. The van der Waals surface area contributed by atoms with Gasteiger partial charge in [-0.2, -0.15) is 10.1 Å². The minimum absolute atomic E-state index is 0.000552. The number of hydrogen-bond donors (Lipinski definition) is 0. The van der Waals surface area contributed by atoms with Crippen LogP contribution in [0.5, 0.6) is 0 Å². The Labute approximate surface area is 192 Å². The van der Waals surface area contributed by atoms with E-state index >= 15 is 0 Å². The predicted octanol–water partition coefficient (Wildman–Crippen LogP) is 3.15. The van der Waals surface area contributed by atoms with Gasteiger partial charge in [0.25, 0.3) is 5.91 Å². The first-order valence-corrected chi connectivity index (χ1v) is 11.1. The highest BCUT2D eigenvalue weighted by Crippen LogP contribution is 2.24. The van der Waals surface area contributed by atoms with Crippen LogP contribution in [-0.4, -0.2) is 66.8 Å². The number of nitrogens with zero attached hydrogens (tertiary/aromatic N) is 7. The molecular weight excluding hydrogens is 418 g/mol. The molecule has 0 radical (unpaired) electrons. The van der Waals surface area contributed by atoms with E-state index in [0.717, 1.165) is 35.4 Å². The van der Waals surface area contributed by atoms with Crippen molar-refractivity contribution in [2.75, 3.05) is 26.2 Å². The fourth-order valence-electron chi connectivity index (χ4n) is 4.30. The van der Waals surface area contributed by atoms with E-state index in [2.05, 4.69) is 32.0 Å². The molecule has 1 aliphatic heterocycles. The normalized spacial score (nSPS) is 15.8. The van der Waals surface area contributed by atoms with E-state index in [1.807, 2.05) is 56.1 Å². The standard InChI is InChI=1S/C24H27N7O2/c1-15-5-7-18(8-6-15)21-26-23(33-28-21)17(3)30-9-11-31(12-10-30)24(32)19-13-20-16(2)27-29(4)22(20)25-14-19/h5-8,13-14,17H,9-12H2,1-4H3. The molecule has 1 fully saturated rings. The molecule has 0 spiro atoms. The minimum atomic E-state index is -0.0231. The molecule has 33 heavy (non-hydrogen) atoms. The maximum Gasteiger partial charge on any atom is 0.255 e. The lowest BCUT2D eigenvalue weighted by molar-refractivity contribution is 0.0551. The molecule has 5 rings (SSSR count). The third-order valence-electron chi connectivity index (χ3n) is 6.37. The van der Waals surface area contributed by atoms with Gasteiger partial charge in [0.15, 0.2) is 5.65 Å². The van der Waals surface area contributed by atoms with Crippen molar-refractivity contribution in [2.45, 2.75) is 26.8 Å². The van der Waals surface area contributed by atoms with Gasteiger partial charge in [0.1, 0.15) is 0 Å². The van der Waals surface area contributed by atoms with Crippen molar-refractivity contribution in [1.29, 1.82) is 0 Å². The molecule has 4 heterocycles. The predicted molar refractivity (Wildman–Crippen MR) is 124 cm³/mol. The summed E-state index contributed by atoms with van der Waals surface area (Å²) in [6.07, 6.45) is 1.64. The summed E-state index contributed by atoms with van der Waals surface area (Å²) in [5, 5.41) is 9.46. The van der Waals surface area contributed by atoms with Crippen molar-refractivity contribution < 1.29 is 9.32 Å². The summed E-state index contributed by atoms with van der Waals surface area (Å²) in [4.78, 5) is 26.3. The Hall–Kier alpha value is -3.59. The average molecular weight is 446 g/mol. The summed E-state index contributed by atoms with van der Waals surface area (Å²) >= 11 is 0. The second-order valence-corrected chi connectivity index (χ2v) is 8.63. The molecule has 1 saturated heterocycles. The lowest BCUT2D eigenvalue weighted by Crippen LogP contribution is -2.49. The number of hydrogen-bond acceptors (Lipinski definition) is 7. The smallest absolute Gasteiger partial charge is 0.255 e. The quantitative estimate of drug-likeness (QED) is 0.476. The zero-order chi connectivity index (χ0) is 23.1. The van der Waals surface area contributed by atoms with Crippen LogP contribution in [0.4, 0.5) is 0 Å². The molecule has 9 nitrogen and oxygen atoms in total. The number of amides is 1. The van der Waals surface area contributed by atoms with Crippen molar-refractivity contribution in [1.82, 2.24) is 34.7 Å². The summed E-state index contributed by atoms with van der Waals surface area (Å²) < 4.78 is 7.30. The molecule has 1 unspecified atom stereocenters. The summed E-state index contributed by atoms with van der Waals surface area (Å²) in [5.74, 6) is 1.19. The summed E-state index contributed by atoms with van der Waals surface area (Å²) in [5.41, 5.74) is 4.38. The van der Waals surface area contributed by atoms with Crippen molar-refractivity contribution in [3.8, 4) is 11.4 Å². The van der Waals surface area contributed by atoms with Crippen molar-refractivity contribution >= 4 is 16.9 Å². The Morgan fingerprint density at radius 2 is 1.82 bits per heavy atom. The number of aryl methyl sites for hydroxylation is 3. The van der Waals surface area contributed by atoms with Gasteiger partial charge in [-0.1, -0.05) is 35.0 Å². The summed E-state index contributed by atoms with van der Waals surface area (Å²) in [6.45, 7) is 8.77. The Kier molecular flexibility index (Phi) is 5.41. The maximum atomic E-state index is 13.1. The SMILES string of the molecule is Cc1ccc(-c2noc(C(C)N3CCN(C(=O)c4cnc5c(c4)c(C)nn5C)CC3)n2)cc1. The van der Waals surface area contributed by atoms with Crippen molar-refractivity contribution in [3.05, 3.63) is 59.2 Å². The van der Waals surface area contributed by atoms with Gasteiger partial charge in [0, 0.05) is 50.4 Å². The number of pyridine rings is 1. The zero-order valence-corrected chi connectivity index (χ0v) is 19.3. The molecule has 0 saturated carbocycles. The first kappa shape index (κ1) is 21.3. The maximum absolute atomic E-state index is 13.1.